The summed E-state index contributed by atoms with van der Waals surface area (Å²) < 4.78 is 5.71. The van der Waals surface area contributed by atoms with Gasteiger partial charge in [0.25, 0.3) is 0 Å². The minimum absolute atomic E-state index is 0.624. The molecule has 0 N–H and O–H groups in total. The molecule has 0 amide bonds. The molecule has 0 heterocycles. The molecule has 0 aromatic carbocycles. The van der Waals surface area contributed by atoms with Gasteiger partial charge in [0.15, 0.2) is 0 Å². The van der Waals surface area contributed by atoms with E-state index < -0.39 is 0 Å². The molecule has 0 saturated heterocycles. The van der Waals surface area contributed by atoms with Crippen molar-refractivity contribution in [1.82, 2.24) is 0 Å². The first-order chi connectivity index (χ1) is 5.40. The van der Waals surface area contributed by atoms with Crippen LogP contribution in [-0.2, 0) is 4.74 Å². The predicted octanol–water partition coefficient (Wildman–Crippen LogP) is 2.60. The summed E-state index contributed by atoms with van der Waals surface area (Å²) in [5.41, 5.74) is 0. The Labute approximate surface area is 69.1 Å². The second kappa shape index (κ2) is 3.14. The predicted molar refractivity (Wildman–Crippen MR) is 45.5 cm³/mol. The van der Waals surface area contributed by atoms with Crippen LogP contribution < -0.4 is 0 Å². The van der Waals surface area contributed by atoms with Crippen molar-refractivity contribution in [3.63, 3.8) is 0 Å². The Morgan fingerprint density at radius 1 is 1.18 bits per heavy atom. The number of fused-ring (bicyclic) bond motifs is 2. The van der Waals surface area contributed by atoms with Crippen LogP contribution in [0.15, 0.2) is 0 Å². The van der Waals surface area contributed by atoms with Crippen molar-refractivity contribution in [2.75, 3.05) is 6.61 Å². The zero-order valence-electron chi connectivity index (χ0n) is 7.38. The van der Waals surface area contributed by atoms with Gasteiger partial charge in [-0.3, -0.25) is 0 Å². The van der Waals surface area contributed by atoms with E-state index in [-0.39, 0.29) is 0 Å². The number of rotatable bonds is 2. The summed E-state index contributed by atoms with van der Waals surface area (Å²) in [4.78, 5) is 0. The lowest BCUT2D eigenvalue weighted by Crippen LogP contribution is -2.26. The van der Waals surface area contributed by atoms with E-state index in [0.717, 1.165) is 18.4 Å². The van der Waals surface area contributed by atoms with Gasteiger partial charge in [-0.15, -0.1) is 0 Å². The van der Waals surface area contributed by atoms with E-state index in [1.54, 1.807) is 0 Å². The van der Waals surface area contributed by atoms with Crippen LogP contribution in [0.3, 0.4) is 0 Å². The minimum Gasteiger partial charge on any atom is -0.378 e. The van der Waals surface area contributed by atoms with Crippen LogP contribution in [0.1, 0.15) is 39.0 Å². The highest BCUT2D eigenvalue weighted by atomic mass is 16.5. The minimum atomic E-state index is 0.624. The average molecular weight is 154 g/mol. The van der Waals surface area contributed by atoms with Crippen molar-refractivity contribution in [1.29, 1.82) is 0 Å². The van der Waals surface area contributed by atoms with E-state index in [9.17, 15) is 0 Å². The third-order valence-corrected chi connectivity index (χ3v) is 3.35. The lowest BCUT2D eigenvalue weighted by atomic mass is 9.87. The van der Waals surface area contributed by atoms with Crippen LogP contribution in [-0.4, -0.2) is 12.7 Å². The summed E-state index contributed by atoms with van der Waals surface area (Å²) in [5, 5.41) is 0. The average Bonchev–Trinajstić information content (AvgIpc) is 2.40. The molecule has 1 heteroatoms. The molecule has 0 aromatic heterocycles. The summed E-state index contributed by atoms with van der Waals surface area (Å²) >= 11 is 0. The van der Waals surface area contributed by atoms with Crippen LogP contribution in [0.4, 0.5) is 0 Å². The summed E-state index contributed by atoms with van der Waals surface area (Å²) in [6, 6.07) is 0. The topological polar surface area (TPSA) is 9.23 Å². The number of hydrogen-bond acceptors (Lipinski definition) is 1. The van der Waals surface area contributed by atoms with E-state index in [1.165, 1.54) is 32.1 Å². The fraction of sp³-hybridized carbons (Fsp3) is 1.00. The maximum absolute atomic E-state index is 5.71. The normalized spacial score (nSPS) is 42.8. The Bertz CT molecular complexity index is 133. The van der Waals surface area contributed by atoms with Crippen molar-refractivity contribution in [3.05, 3.63) is 0 Å². The molecule has 0 spiro atoms. The van der Waals surface area contributed by atoms with Gasteiger partial charge in [0, 0.05) is 6.61 Å². The van der Waals surface area contributed by atoms with E-state index >= 15 is 0 Å². The summed E-state index contributed by atoms with van der Waals surface area (Å²) in [7, 11) is 0. The third kappa shape index (κ3) is 1.44. The highest BCUT2D eigenvalue weighted by Gasteiger charge is 2.35. The Hall–Kier alpha value is -0.0400. The van der Waals surface area contributed by atoms with Gasteiger partial charge >= 0.3 is 0 Å². The van der Waals surface area contributed by atoms with Gasteiger partial charge in [0.1, 0.15) is 0 Å². The quantitative estimate of drug-likeness (QED) is 0.594. The van der Waals surface area contributed by atoms with Gasteiger partial charge in [0.2, 0.25) is 0 Å². The van der Waals surface area contributed by atoms with Crippen LogP contribution in [0, 0.1) is 11.8 Å². The first-order valence-electron chi connectivity index (χ1n) is 5.01. The molecule has 64 valence electrons. The number of ether oxygens (including phenoxy) is 1. The third-order valence-electron chi connectivity index (χ3n) is 3.35. The fourth-order valence-electron chi connectivity index (χ4n) is 2.78. The Balaban J connectivity index is 1.91. The van der Waals surface area contributed by atoms with Gasteiger partial charge in [0.05, 0.1) is 6.10 Å². The zero-order chi connectivity index (χ0) is 7.68. The van der Waals surface area contributed by atoms with Crippen molar-refractivity contribution in [3.8, 4) is 0 Å². The van der Waals surface area contributed by atoms with E-state index in [1.807, 2.05) is 0 Å². The van der Waals surface area contributed by atoms with Gasteiger partial charge in [-0.2, -0.15) is 0 Å². The molecule has 0 aliphatic heterocycles. The molecule has 1 nitrogen and oxygen atoms in total. The fourth-order valence-corrected chi connectivity index (χ4v) is 2.78. The van der Waals surface area contributed by atoms with Crippen LogP contribution in [0.25, 0.3) is 0 Å². The molecular formula is C10H18O. The molecule has 0 radical (unpaired) electrons. The molecule has 0 aromatic rings. The van der Waals surface area contributed by atoms with Gasteiger partial charge in [-0.25, -0.2) is 0 Å². The molecule has 2 saturated carbocycles. The molecule has 2 bridgehead atoms. The van der Waals surface area contributed by atoms with Crippen molar-refractivity contribution in [2.45, 2.75) is 45.1 Å². The first-order valence-corrected chi connectivity index (χ1v) is 5.01. The van der Waals surface area contributed by atoms with Gasteiger partial charge in [-0.05, 0) is 44.4 Å². The molecule has 3 atom stereocenters. The van der Waals surface area contributed by atoms with Crippen molar-refractivity contribution >= 4 is 0 Å². The van der Waals surface area contributed by atoms with Crippen LogP contribution in [0.5, 0.6) is 0 Å². The van der Waals surface area contributed by atoms with E-state index in [2.05, 4.69) is 6.92 Å². The maximum Gasteiger partial charge on any atom is 0.0603 e. The molecule has 2 fully saturated rings. The van der Waals surface area contributed by atoms with Crippen LogP contribution in [0.2, 0.25) is 0 Å². The first kappa shape index (κ1) is 7.60. The van der Waals surface area contributed by atoms with Crippen molar-refractivity contribution < 1.29 is 4.74 Å². The Morgan fingerprint density at radius 2 is 2.00 bits per heavy atom. The van der Waals surface area contributed by atoms with Crippen molar-refractivity contribution in [2.24, 2.45) is 11.8 Å². The Kier molecular flexibility index (Phi) is 2.17. The lowest BCUT2D eigenvalue weighted by molar-refractivity contribution is 0.000791. The van der Waals surface area contributed by atoms with Crippen LogP contribution >= 0.6 is 0 Å². The van der Waals surface area contributed by atoms with Gasteiger partial charge < -0.3 is 4.74 Å². The second-order valence-electron chi connectivity index (χ2n) is 4.01. The molecule has 2 aliphatic carbocycles. The molecule has 11 heavy (non-hydrogen) atoms. The maximum atomic E-state index is 5.71. The molecule has 2 rings (SSSR count). The largest absolute Gasteiger partial charge is 0.378 e. The smallest absolute Gasteiger partial charge is 0.0603 e. The van der Waals surface area contributed by atoms with E-state index in [0.29, 0.717) is 6.10 Å². The standard InChI is InChI=1S/C10H18O/c1-2-11-10-6-4-8-3-5-9(10)7-8/h8-10H,2-7H2,1H3. The summed E-state index contributed by atoms with van der Waals surface area (Å²) in [6.07, 6.45) is 7.78. The highest BCUT2D eigenvalue weighted by Crippen LogP contribution is 2.43. The summed E-state index contributed by atoms with van der Waals surface area (Å²) in [6.45, 7) is 3.02. The summed E-state index contributed by atoms with van der Waals surface area (Å²) in [5.74, 6) is 1.99. The Morgan fingerprint density at radius 3 is 2.82 bits per heavy atom. The van der Waals surface area contributed by atoms with E-state index in [4.69, 9.17) is 4.74 Å². The monoisotopic (exact) mass is 154 g/mol. The molecule has 2 aliphatic rings. The SMILES string of the molecule is CCOC1CCC2CCC1C2. The van der Waals surface area contributed by atoms with Gasteiger partial charge in [-0.1, -0.05) is 6.42 Å². The zero-order valence-corrected chi connectivity index (χ0v) is 7.38. The second-order valence-corrected chi connectivity index (χ2v) is 4.01. The molecular weight excluding hydrogens is 136 g/mol. The molecule has 3 unspecified atom stereocenters. The lowest BCUT2D eigenvalue weighted by Gasteiger charge is -2.28. The highest BCUT2D eigenvalue weighted by molar-refractivity contribution is 4.86. The number of hydrogen-bond donors (Lipinski definition) is 0.